The second-order valence-corrected chi connectivity index (χ2v) is 3.49. The first-order chi connectivity index (χ1) is 6.70. The fraction of sp³-hybridized carbons (Fsp3) is 0.333. The zero-order valence-corrected chi connectivity index (χ0v) is 9.41. The smallest absolute Gasteiger partial charge is 0.235 e. The van der Waals surface area contributed by atoms with Crippen LogP contribution in [0.5, 0.6) is 5.75 Å². The molecule has 0 radical (unpaired) electrons. The number of methoxy groups -OCH3 is 1. The number of hydrogen-bond donors (Lipinski definition) is 0. The molecule has 0 amide bonds. The van der Waals surface area contributed by atoms with E-state index in [-0.39, 0.29) is 6.04 Å². The zero-order valence-electron chi connectivity index (χ0n) is 7.82. The number of ether oxygens (including phenoxy) is 1. The van der Waals surface area contributed by atoms with Crippen LogP contribution in [0.15, 0.2) is 21.9 Å². The summed E-state index contributed by atoms with van der Waals surface area (Å²) in [6, 6.07) is -0.292. The van der Waals surface area contributed by atoms with Gasteiger partial charge < -0.3 is 4.74 Å². The molecule has 5 heteroatoms. The summed E-state index contributed by atoms with van der Waals surface area (Å²) in [5.74, 6) is 0.603. The third-order valence-corrected chi connectivity index (χ3v) is 2.42. The third-order valence-electron chi connectivity index (χ3n) is 1.79. The summed E-state index contributed by atoms with van der Waals surface area (Å²) < 4.78 is 5.88. The predicted octanol–water partition coefficient (Wildman–Crippen LogP) is 2.25. The normalized spacial score (nSPS) is 11.6. The topological polar surface area (TPSA) is 51.6 Å². The maximum absolute atomic E-state index is 10.1. The Morgan fingerprint density at radius 2 is 2.36 bits per heavy atom. The molecule has 0 saturated carbocycles. The Labute approximate surface area is 90.1 Å². The van der Waals surface area contributed by atoms with Crippen molar-refractivity contribution >= 4 is 22.0 Å². The molecule has 1 atom stereocenters. The number of isocyanates is 1. The first kappa shape index (κ1) is 10.9. The van der Waals surface area contributed by atoms with E-state index in [2.05, 4.69) is 25.9 Å². The maximum Gasteiger partial charge on any atom is 0.235 e. The van der Waals surface area contributed by atoms with Gasteiger partial charge in [-0.3, -0.25) is 4.98 Å². The van der Waals surface area contributed by atoms with E-state index in [0.29, 0.717) is 5.75 Å². The molecule has 1 aromatic heterocycles. The van der Waals surface area contributed by atoms with Crippen molar-refractivity contribution in [1.29, 1.82) is 0 Å². The van der Waals surface area contributed by atoms with Gasteiger partial charge in [0.15, 0.2) is 0 Å². The quantitative estimate of drug-likeness (QED) is 0.616. The van der Waals surface area contributed by atoms with Crippen molar-refractivity contribution in [2.24, 2.45) is 4.99 Å². The summed E-state index contributed by atoms with van der Waals surface area (Å²) in [4.78, 5) is 17.7. The highest BCUT2D eigenvalue weighted by molar-refractivity contribution is 9.10. The van der Waals surface area contributed by atoms with Crippen LogP contribution in [0.1, 0.15) is 18.5 Å². The van der Waals surface area contributed by atoms with Gasteiger partial charge in [0.25, 0.3) is 0 Å². The molecular weight excluding hydrogens is 248 g/mol. The molecule has 4 nitrogen and oxygen atoms in total. The van der Waals surface area contributed by atoms with Gasteiger partial charge in [0.2, 0.25) is 6.08 Å². The average Bonchev–Trinajstić information content (AvgIpc) is 2.17. The fourth-order valence-electron chi connectivity index (χ4n) is 1.14. The van der Waals surface area contributed by atoms with Crippen LogP contribution in [0.3, 0.4) is 0 Å². The van der Waals surface area contributed by atoms with E-state index in [1.165, 1.54) is 6.08 Å². The van der Waals surface area contributed by atoms with Crippen molar-refractivity contribution < 1.29 is 9.53 Å². The van der Waals surface area contributed by atoms with Gasteiger partial charge in [0.05, 0.1) is 19.3 Å². The number of aliphatic imine (C=N–C) groups is 1. The van der Waals surface area contributed by atoms with Crippen molar-refractivity contribution in [3.8, 4) is 5.75 Å². The lowest BCUT2D eigenvalue weighted by atomic mass is 10.1. The predicted molar refractivity (Wildman–Crippen MR) is 55.0 cm³/mol. The van der Waals surface area contributed by atoms with Gasteiger partial charge >= 0.3 is 0 Å². The molecule has 0 aromatic carbocycles. The SMILES string of the molecule is COc1cncc(Br)c1C(C)N=C=O. The van der Waals surface area contributed by atoms with E-state index in [1.54, 1.807) is 26.4 Å². The van der Waals surface area contributed by atoms with Crippen molar-refractivity contribution in [2.45, 2.75) is 13.0 Å². The van der Waals surface area contributed by atoms with Crippen LogP contribution < -0.4 is 4.74 Å². The lowest BCUT2D eigenvalue weighted by Gasteiger charge is -2.11. The molecule has 14 heavy (non-hydrogen) atoms. The van der Waals surface area contributed by atoms with Gasteiger partial charge in [-0.2, -0.15) is 4.99 Å². The van der Waals surface area contributed by atoms with Crippen LogP contribution in [0.2, 0.25) is 0 Å². The second kappa shape index (κ2) is 4.88. The zero-order chi connectivity index (χ0) is 10.6. The average molecular weight is 257 g/mol. The van der Waals surface area contributed by atoms with E-state index in [9.17, 15) is 4.79 Å². The van der Waals surface area contributed by atoms with E-state index >= 15 is 0 Å². The van der Waals surface area contributed by atoms with Gasteiger partial charge in [-0.1, -0.05) is 0 Å². The fourth-order valence-corrected chi connectivity index (χ4v) is 1.78. The minimum Gasteiger partial charge on any atom is -0.495 e. The lowest BCUT2D eigenvalue weighted by molar-refractivity contribution is 0.404. The number of nitrogens with zero attached hydrogens (tertiary/aromatic N) is 2. The number of halogens is 1. The molecule has 0 bridgehead atoms. The van der Waals surface area contributed by atoms with E-state index in [0.717, 1.165) is 10.0 Å². The molecule has 0 spiro atoms. The molecule has 74 valence electrons. The lowest BCUT2D eigenvalue weighted by Crippen LogP contribution is -1.97. The highest BCUT2D eigenvalue weighted by Crippen LogP contribution is 2.32. The van der Waals surface area contributed by atoms with Crippen LogP contribution in [0, 0.1) is 0 Å². The van der Waals surface area contributed by atoms with Gasteiger partial charge in [0.1, 0.15) is 5.75 Å². The largest absolute Gasteiger partial charge is 0.495 e. The molecule has 1 unspecified atom stereocenters. The van der Waals surface area contributed by atoms with Crippen molar-refractivity contribution in [3.63, 3.8) is 0 Å². The summed E-state index contributed by atoms with van der Waals surface area (Å²) in [6.45, 7) is 1.79. The number of carbonyl (C=O) groups excluding carboxylic acids is 1. The van der Waals surface area contributed by atoms with E-state index in [4.69, 9.17) is 4.74 Å². The van der Waals surface area contributed by atoms with Gasteiger partial charge in [-0.25, -0.2) is 4.79 Å². The van der Waals surface area contributed by atoms with Gasteiger partial charge in [0, 0.05) is 16.2 Å². The van der Waals surface area contributed by atoms with Crippen molar-refractivity contribution in [1.82, 2.24) is 4.98 Å². The van der Waals surface area contributed by atoms with Crippen LogP contribution in [-0.2, 0) is 4.79 Å². The van der Waals surface area contributed by atoms with Gasteiger partial charge in [-0.15, -0.1) is 0 Å². The minimum absolute atomic E-state index is 0.292. The maximum atomic E-state index is 10.1. The van der Waals surface area contributed by atoms with Crippen LogP contribution >= 0.6 is 15.9 Å². The number of aromatic nitrogens is 1. The molecule has 1 aromatic rings. The Balaban J connectivity index is 3.22. The van der Waals surface area contributed by atoms with Crippen LogP contribution in [-0.4, -0.2) is 18.2 Å². The van der Waals surface area contributed by atoms with E-state index < -0.39 is 0 Å². The van der Waals surface area contributed by atoms with E-state index in [1.807, 2.05) is 0 Å². The molecule has 0 aliphatic heterocycles. The number of pyridine rings is 1. The molecule has 1 heterocycles. The summed E-state index contributed by atoms with van der Waals surface area (Å²) >= 11 is 3.33. The molecule has 0 aliphatic rings. The van der Waals surface area contributed by atoms with Crippen LogP contribution in [0.4, 0.5) is 0 Å². The second-order valence-electron chi connectivity index (χ2n) is 2.63. The molecule has 0 saturated heterocycles. The van der Waals surface area contributed by atoms with Crippen LogP contribution in [0.25, 0.3) is 0 Å². The Hall–Kier alpha value is -1.19. The highest BCUT2D eigenvalue weighted by Gasteiger charge is 2.14. The Morgan fingerprint density at radius 3 is 2.93 bits per heavy atom. The highest BCUT2D eigenvalue weighted by atomic mass is 79.9. The third kappa shape index (κ3) is 2.19. The van der Waals surface area contributed by atoms with Crippen molar-refractivity contribution in [3.05, 3.63) is 22.4 Å². The Kier molecular flexibility index (Phi) is 3.80. The van der Waals surface area contributed by atoms with Crippen molar-refractivity contribution in [2.75, 3.05) is 7.11 Å². The summed E-state index contributed by atoms with van der Waals surface area (Å²) in [6.07, 6.45) is 4.74. The molecular formula is C9H9BrN2O2. The first-order valence-corrected chi connectivity index (χ1v) is 4.74. The minimum atomic E-state index is -0.292. The number of rotatable bonds is 3. The standard InChI is InChI=1S/C9H9BrN2O2/c1-6(12-5-13)9-7(10)3-11-4-8(9)14-2/h3-4,6H,1-2H3. The summed E-state index contributed by atoms with van der Waals surface area (Å²) in [5.41, 5.74) is 0.797. The Morgan fingerprint density at radius 1 is 1.64 bits per heavy atom. The molecule has 0 aliphatic carbocycles. The monoisotopic (exact) mass is 256 g/mol. The summed E-state index contributed by atoms with van der Waals surface area (Å²) in [5, 5.41) is 0. The first-order valence-electron chi connectivity index (χ1n) is 3.95. The Bertz CT molecular complexity index is 375. The molecule has 0 fully saturated rings. The summed E-state index contributed by atoms with van der Waals surface area (Å²) in [7, 11) is 1.55. The number of hydrogen-bond acceptors (Lipinski definition) is 4. The van der Waals surface area contributed by atoms with Gasteiger partial charge in [-0.05, 0) is 22.9 Å². The molecule has 0 N–H and O–H groups in total. The molecule has 1 rings (SSSR count).